The van der Waals surface area contributed by atoms with E-state index in [0.717, 1.165) is 5.39 Å². The van der Waals surface area contributed by atoms with E-state index in [1.54, 1.807) is 18.2 Å². The Morgan fingerprint density at radius 1 is 1.30 bits per heavy atom. The van der Waals surface area contributed by atoms with Gasteiger partial charge < -0.3 is 25.0 Å². The molecule has 0 bridgehead atoms. The molecule has 6 heteroatoms. The molecule has 2 aromatic rings. The van der Waals surface area contributed by atoms with Crippen molar-refractivity contribution in [3.8, 4) is 11.5 Å². The molecule has 1 saturated heterocycles. The van der Waals surface area contributed by atoms with Gasteiger partial charge in [0.1, 0.15) is 17.6 Å². The van der Waals surface area contributed by atoms with E-state index >= 15 is 0 Å². The SMILES string of the molecule is CCO[C@@H]1COC[C@H]1NC(=O)c1ccc2ccc(O)cc2c1O. The number of ether oxygens (including phenoxy) is 2. The van der Waals surface area contributed by atoms with E-state index in [0.29, 0.717) is 25.2 Å². The summed E-state index contributed by atoms with van der Waals surface area (Å²) in [5.74, 6) is -0.512. The minimum absolute atomic E-state index is 0.0333. The van der Waals surface area contributed by atoms with Gasteiger partial charge in [0.05, 0.1) is 24.8 Å². The van der Waals surface area contributed by atoms with Crippen LogP contribution in [-0.2, 0) is 9.47 Å². The van der Waals surface area contributed by atoms with Crippen molar-refractivity contribution in [2.45, 2.75) is 19.1 Å². The van der Waals surface area contributed by atoms with Gasteiger partial charge in [0, 0.05) is 12.0 Å². The standard InChI is InChI=1S/C17H19NO5/c1-2-23-15-9-22-8-14(15)18-17(21)12-6-4-10-3-5-11(19)7-13(10)16(12)20/h3-7,14-15,19-20H,2,8-9H2,1H3,(H,18,21)/t14-,15-/m1/s1. The van der Waals surface area contributed by atoms with Gasteiger partial charge in [-0.3, -0.25) is 4.79 Å². The summed E-state index contributed by atoms with van der Waals surface area (Å²) >= 11 is 0. The molecule has 2 atom stereocenters. The van der Waals surface area contributed by atoms with Gasteiger partial charge >= 0.3 is 0 Å². The van der Waals surface area contributed by atoms with Crippen LogP contribution in [-0.4, -0.2) is 48.1 Å². The summed E-state index contributed by atoms with van der Waals surface area (Å²) in [6, 6.07) is 7.70. The number of carbonyl (C=O) groups excluding carboxylic acids is 1. The quantitative estimate of drug-likeness (QED) is 0.800. The zero-order chi connectivity index (χ0) is 16.4. The number of hydrogen-bond donors (Lipinski definition) is 3. The maximum atomic E-state index is 12.5. The Bertz CT molecular complexity index is 730. The van der Waals surface area contributed by atoms with Gasteiger partial charge in [-0.15, -0.1) is 0 Å². The molecule has 0 unspecified atom stereocenters. The van der Waals surface area contributed by atoms with Crippen LogP contribution < -0.4 is 5.32 Å². The van der Waals surface area contributed by atoms with Crippen molar-refractivity contribution in [1.82, 2.24) is 5.32 Å². The molecule has 0 aliphatic carbocycles. The van der Waals surface area contributed by atoms with Gasteiger partial charge in [0.15, 0.2) is 0 Å². The third kappa shape index (κ3) is 3.09. The molecule has 23 heavy (non-hydrogen) atoms. The van der Waals surface area contributed by atoms with Gasteiger partial charge in [-0.2, -0.15) is 0 Å². The van der Waals surface area contributed by atoms with E-state index < -0.39 is 5.91 Å². The predicted molar refractivity (Wildman–Crippen MR) is 84.8 cm³/mol. The van der Waals surface area contributed by atoms with E-state index in [4.69, 9.17) is 9.47 Å². The van der Waals surface area contributed by atoms with Gasteiger partial charge in [-0.1, -0.05) is 12.1 Å². The molecular formula is C17H19NO5. The molecule has 3 N–H and O–H groups in total. The fourth-order valence-electron chi connectivity index (χ4n) is 2.77. The van der Waals surface area contributed by atoms with Crippen LogP contribution in [0.4, 0.5) is 0 Å². The number of amides is 1. The summed E-state index contributed by atoms with van der Waals surface area (Å²) in [7, 11) is 0. The third-order valence-electron chi connectivity index (χ3n) is 3.95. The fourth-order valence-corrected chi connectivity index (χ4v) is 2.77. The number of benzene rings is 2. The monoisotopic (exact) mass is 317 g/mol. The zero-order valence-corrected chi connectivity index (χ0v) is 12.8. The minimum atomic E-state index is -0.395. The second-order valence-corrected chi connectivity index (χ2v) is 5.48. The molecule has 1 aliphatic rings. The van der Waals surface area contributed by atoms with Crippen LogP contribution in [0.2, 0.25) is 0 Å². The summed E-state index contributed by atoms with van der Waals surface area (Å²) in [5, 5.41) is 23.9. The van der Waals surface area contributed by atoms with E-state index in [9.17, 15) is 15.0 Å². The summed E-state index contributed by atoms with van der Waals surface area (Å²) in [5.41, 5.74) is 0.158. The second-order valence-electron chi connectivity index (χ2n) is 5.48. The smallest absolute Gasteiger partial charge is 0.255 e. The van der Waals surface area contributed by atoms with Crippen LogP contribution in [0.1, 0.15) is 17.3 Å². The van der Waals surface area contributed by atoms with Gasteiger partial charge in [-0.25, -0.2) is 0 Å². The van der Waals surface area contributed by atoms with E-state index in [2.05, 4.69) is 5.32 Å². The van der Waals surface area contributed by atoms with Crippen molar-refractivity contribution in [2.24, 2.45) is 0 Å². The molecular weight excluding hydrogens is 298 g/mol. The van der Waals surface area contributed by atoms with Crippen molar-refractivity contribution < 1.29 is 24.5 Å². The molecule has 122 valence electrons. The topological polar surface area (TPSA) is 88.0 Å². The highest BCUT2D eigenvalue weighted by Gasteiger charge is 2.30. The van der Waals surface area contributed by atoms with E-state index in [-0.39, 0.29) is 29.2 Å². The average Bonchev–Trinajstić information content (AvgIpc) is 2.95. The van der Waals surface area contributed by atoms with Crippen LogP contribution in [0, 0.1) is 0 Å². The molecule has 1 fully saturated rings. The minimum Gasteiger partial charge on any atom is -0.508 e. The van der Waals surface area contributed by atoms with Crippen LogP contribution in [0.25, 0.3) is 10.8 Å². The van der Waals surface area contributed by atoms with Crippen molar-refractivity contribution in [1.29, 1.82) is 0 Å². The summed E-state index contributed by atoms with van der Waals surface area (Å²) in [4.78, 5) is 12.5. The number of fused-ring (bicyclic) bond motifs is 1. The summed E-state index contributed by atoms with van der Waals surface area (Å²) in [6.07, 6.45) is -0.185. The average molecular weight is 317 g/mol. The number of rotatable bonds is 4. The predicted octanol–water partition coefficient (Wildman–Crippen LogP) is 1.78. The summed E-state index contributed by atoms with van der Waals surface area (Å²) in [6.45, 7) is 3.25. The highest BCUT2D eigenvalue weighted by molar-refractivity contribution is 6.04. The Morgan fingerprint density at radius 3 is 2.87 bits per heavy atom. The Balaban J connectivity index is 1.85. The molecule has 1 aliphatic heterocycles. The molecule has 6 nitrogen and oxygen atoms in total. The molecule has 3 rings (SSSR count). The fraction of sp³-hybridized carbons (Fsp3) is 0.353. The lowest BCUT2D eigenvalue weighted by Crippen LogP contribution is -2.43. The molecule has 0 aromatic heterocycles. The lowest BCUT2D eigenvalue weighted by Gasteiger charge is -2.19. The third-order valence-corrected chi connectivity index (χ3v) is 3.95. The number of carbonyl (C=O) groups is 1. The first-order valence-corrected chi connectivity index (χ1v) is 7.55. The number of nitrogens with one attached hydrogen (secondary N) is 1. The van der Waals surface area contributed by atoms with Crippen LogP contribution >= 0.6 is 0 Å². The first-order chi connectivity index (χ1) is 11.1. The summed E-state index contributed by atoms with van der Waals surface area (Å²) < 4.78 is 10.9. The molecule has 0 spiro atoms. The van der Waals surface area contributed by atoms with Gasteiger partial charge in [-0.05, 0) is 30.5 Å². The molecule has 2 aromatic carbocycles. The highest BCUT2D eigenvalue weighted by atomic mass is 16.5. The van der Waals surface area contributed by atoms with E-state index in [1.807, 2.05) is 6.92 Å². The van der Waals surface area contributed by atoms with Crippen LogP contribution in [0.3, 0.4) is 0 Å². The Labute approximate surface area is 133 Å². The number of hydrogen-bond acceptors (Lipinski definition) is 5. The Hall–Kier alpha value is -2.31. The number of phenols is 2. The van der Waals surface area contributed by atoms with Gasteiger partial charge in [0.2, 0.25) is 0 Å². The zero-order valence-electron chi connectivity index (χ0n) is 12.8. The highest BCUT2D eigenvalue weighted by Crippen LogP contribution is 2.31. The van der Waals surface area contributed by atoms with Crippen LogP contribution in [0.15, 0.2) is 30.3 Å². The molecule has 0 radical (unpaired) electrons. The van der Waals surface area contributed by atoms with Crippen molar-refractivity contribution in [3.63, 3.8) is 0 Å². The second kappa shape index (κ2) is 6.44. The van der Waals surface area contributed by atoms with Crippen LogP contribution in [0.5, 0.6) is 11.5 Å². The molecule has 1 heterocycles. The molecule has 1 amide bonds. The first kappa shape index (κ1) is 15.6. The maximum Gasteiger partial charge on any atom is 0.255 e. The maximum absolute atomic E-state index is 12.5. The first-order valence-electron chi connectivity index (χ1n) is 7.55. The number of phenolic OH excluding ortho intramolecular Hbond substituents is 2. The van der Waals surface area contributed by atoms with Crippen molar-refractivity contribution in [3.05, 3.63) is 35.9 Å². The largest absolute Gasteiger partial charge is 0.508 e. The van der Waals surface area contributed by atoms with Crippen molar-refractivity contribution >= 4 is 16.7 Å². The normalized spacial score (nSPS) is 20.7. The Kier molecular flexibility index (Phi) is 4.36. The lowest BCUT2D eigenvalue weighted by molar-refractivity contribution is 0.0402. The molecule has 0 saturated carbocycles. The number of aromatic hydroxyl groups is 2. The Morgan fingerprint density at radius 2 is 2.09 bits per heavy atom. The van der Waals surface area contributed by atoms with Gasteiger partial charge in [0.25, 0.3) is 5.91 Å². The van der Waals surface area contributed by atoms with Crippen molar-refractivity contribution in [2.75, 3.05) is 19.8 Å². The van der Waals surface area contributed by atoms with E-state index in [1.165, 1.54) is 12.1 Å². The lowest BCUT2D eigenvalue weighted by atomic mass is 10.0.